The van der Waals surface area contributed by atoms with Crippen molar-refractivity contribution in [1.82, 2.24) is 4.98 Å². The zero-order chi connectivity index (χ0) is 20.6. The first-order valence-corrected chi connectivity index (χ1v) is 9.77. The van der Waals surface area contributed by atoms with Crippen LogP contribution in [0.5, 0.6) is 5.75 Å². The Morgan fingerprint density at radius 1 is 1.10 bits per heavy atom. The van der Waals surface area contributed by atoms with Crippen LogP contribution in [0.1, 0.15) is 32.6 Å². The molecule has 0 aliphatic carbocycles. The Balaban J connectivity index is 1.42. The van der Waals surface area contributed by atoms with Crippen molar-refractivity contribution in [2.75, 3.05) is 13.2 Å². The summed E-state index contributed by atoms with van der Waals surface area (Å²) in [5.41, 5.74) is 2.71. The number of oxazole rings is 1. The fourth-order valence-electron chi connectivity index (χ4n) is 2.80. The lowest BCUT2D eigenvalue weighted by Crippen LogP contribution is -2.13. The lowest BCUT2D eigenvalue weighted by Gasteiger charge is -2.11. The van der Waals surface area contributed by atoms with E-state index in [1.165, 1.54) is 12.1 Å². The Labute approximate surface area is 169 Å². The molecule has 0 aliphatic heterocycles. The first-order valence-electron chi connectivity index (χ1n) is 9.77. The third-order valence-electron chi connectivity index (χ3n) is 4.45. The summed E-state index contributed by atoms with van der Waals surface area (Å²) >= 11 is 0. The average molecular weight is 399 g/mol. The first-order chi connectivity index (χ1) is 14.0. The predicted molar refractivity (Wildman–Crippen MR) is 110 cm³/mol. The van der Waals surface area contributed by atoms with Gasteiger partial charge in [0.05, 0.1) is 13.2 Å². The SMILES string of the molecule is C=C(C)C(O)OCCCCCCOc1ccc2oc(-c3ccc(F)cc3)nc2c1. The molecule has 0 aliphatic rings. The summed E-state index contributed by atoms with van der Waals surface area (Å²) in [7, 11) is 0. The number of rotatable bonds is 11. The maximum Gasteiger partial charge on any atom is 0.227 e. The average Bonchev–Trinajstić information content (AvgIpc) is 3.13. The molecule has 0 saturated heterocycles. The van der Waals surface area contributed by atoms with Crippen LogP contribution in [0, 0.1) is 5.82 Å². The zero-order valence-corrected chi connectivity index (χ0v) is 16.6. The van der Waals surface area contributed by atoms with Gasteiger partial charge in [-0.25, -0.2) is 9.37 Å². The molecule has 1 atom stereocenters. The van der Waals surface area contributed by atoms with Crippen LogP contribution in [0.3, 0.4) is 0 Å². The van der Waals surface area contributed by atoms with E-state index in [-0.39, 0.29) is 5.82 Å². The van der Waals surface area contributed by atoms with Crippen LogP contribution in [0.2, 0.25) is 0 Å². The van der Waals surface area contributed by atoms with Gasteiger partial charge in [-0.05, 0) is 68.2 Å². The second-order valence-electron chi connectivity index (χ2n) is 6.99. The second kappa shape index (κ2) is 10.2. The van der Waals surface area contributed by atoms with Crippen molar-refractivity contribution in [2.45, 2.75) is 38.9 Å². The molecular formula is C23H26FNO4. The monoisotopic (exact) mass is 399 g/mol. The number of benzene rings is 2. The van der Waals surface area contributed by atoms with Crippen LogP contribution in [-0.4, -0.2) is 29.6 Å². The fraction of sp³-hybridized carbons (Fsp3) is 0.348. The molecule has 1 aromatic heterocycles. The summed E-state index contributed by atoms with van der Waals surface area (Å²) in [6.45, 7) is 6.52. The topological polar surface area (TPSA) is 64.7 Å². The lowest BCUT2D eigenvalue weighted by molar-refractivity contribution is -0.0728. The van der Waals surface area contributed by atoms with E-state index in [2.05, 4.69) is 11.6 Å². The number of halogens is 1. The number of aliphatic hydroxyl groups is 1. The van der Waals surface area contributed by atoms with Gasteiger partial charge in [-0.15, -0.1) is 0 Å². The number of hydrogen-bond donors (Lipinski definition) is 1. The molecule has 5 nitrogen and oxygen atoms in total. The molecule has 6 heteroatoms. The van der Waals surface area contributed by atoms with Gasteiger partial charge in [-0.2, -0.15) is 0 Å². The molecule has 0 bridgehead atoms. The summed E-state index contributed by atoms with van der Waals surface area (Å²) < 4.78 is 29.9. The molecule has 1 N–H and O–H groups in total. The van der Waals surface area contributed by atoms with Gasteiger partial charge in [0, 0.05) is 11.6 Å². The molecule has 0 saturated carbocycles. The number of aromatic nitrogens is 1. The van der Waals surface area contributed by atoms with Gasteiger partial charge in [0.1, 0.15) is 17.1 Å². The molecule has 3 rings (SSSR count). The normalized spacial score (nSPS) is 12.2. The Kier molecular flexibility index (Phi) is 7.38. The maximum absolute atomic E-state index is 13.1. The summed E-state index contributed by atoms with van der Waals surface area (Å²) in [4.78, 5) is 4.47. The molecule has 1 unspecified atom stereocenters. The molecule has 3 aromatic rings. The Morgan fingerprint density at radius 2 is 1.83 bits per heavy atom. The molecular weight excluding hydrogens is 373 g/mol. The number of nitrogens with zero attached hydrogens (tertiary/aromatic N) is 1. The maximum atomic E-state index is 13.1. The third kappa shape index (κ3) is 6.14. The number of ether oxygens (including phenoxy) is 2. The minimum absolute atomic E-state index is 0.294. The van der Waals surface area contributed by atoms with E-state index in [4.69, 9.17) is 13.9 Å². The van der Waals surface area contributed by atoms with Crippen LogP contribution >= 0.6 is 0 Å². The summed E-state index contributed by atoms with van der Waals surface area (Å²) in [6.07, 6.45) is 2.99. The van der Waals surface area contributed by atoms with Crippen LogP contribution in [0.15, 0.2) is 59.0 Å². The lowest BCUT2D eigenvalue weighted by atomic mass is 10.2. The number of fused-ring (bicyclic) bond motifs is 1. The highest BCUT2D eigenvalue weighted by Gasteiger charge is 2.09. The third-order valence-corrected chi connectivity index (χ3v) is 4.45. The van der Waals surface area contributed by atoms with Gasteiger partial charge in [0.15, 0.2) is 11.9 Å². The molecule has 0 radical (unpaired) electrons. The second-order valence-corrected chi connectivity index (χ2v) is 6.99. The molecule has 154 valence electrons. The van der Waals surface area contributed by atoms with Gasteiger partial charge in [-0.3, -0.25) is 0 Å². The van der Waals surface area contributed by atoms with E-state index in [9.17, 15) is 9.50 Å². The van der Waals surface area contributed by atoms with Gasteiger partial charge >= 0.3 is 0 Å². The van der Waals surface area contributed by atoms with Crippen molar-refractivity contribution < 1.29 is 23.4 Å². The van der Waals surface area contributed by atoms with Gasteiger partial charge < -0.3 is 19.0 Å². The van der Waals surface area contributed by atoms with E-state index in [1.807, 2.05) is 18.2 Å². The molecule has 0 spiro atoms. The smallest absolute Gasteiger partial charge is 0.227 e. The Hall–Kier alpha value is -2.70. The van der Waals surface area contributed by atoms with Crippen molar-refractivity contribution in [3.63, 3.8) is 0 Å². The minimum Gasteiger partial charge on any atom is -0.494 e. The Morgan fingerprint density at radius 3 is 2.55 bits per heavy atom. The predicted octanol–water partition coefficient (Wildman–Crippen LogP) is 5.48. The molecule has 0 amide bonds. The highest BCUT2D eigenvalue weighted by molar-refractivity contribution is 5.77. The number of aliphatic hydroxyl groups excluding tert-OH is 1. The highest BCUT2D eigenvalue weighted by Crippen LogP contribution is 2.27. The molecule has 2 aromatic carbocycles. The van der Waals surface area contributed by atoms with Gasteiger partial charge in [0.25, 0.3) is 0 Å². The van der Waals surface area contributed by atoms with Crippen molar-refractivity contribution in [3.05, 3.63) is 60.4 Å². The molecule has 1 heterocycles. The quantitative estimate of drug-likeness (QED) is 0.263. The van der Waals surface area contributed by atoms with E-state index >= 15 is 0 Å². The van der Waals surface area contributed by atoms with Crippen LogP contribution in [0.4, 0.5) is 4.39 Å². The van der Waals surface area contributed by atoms with E-state index in [0.717, 1.165) is 37.0 Å². The van der Waals surface area contributed by atoms with Crippen molar-refractivity contribution in [3.8, 4) is 17.2 Å². The van der Waals surface area contributed by atoms with Crippen molar-refractivity contribution in [2.24, 2.45) is 0 Å². The fourth-order valence-corrected chi connectivity index (χ4v) is 2.80. The van der Waals surface area contributed by atoms with Crippen molar-refractivity contribution in [1.29, 1.82) is 0 Å². The summed E-state index contributed by atoms with van der Waals surface area (Å²) in [6, 6.07) is 11.6. The van der Waals surface area contributed by atoms with Crippen LogP contribution in [-0.2, 0) is 4.74 Å². The van der Waals surface area contributed by atoms with Gasteiger partial charge in [-0.1, -0.05) is 13.0 Å². The minimum atomic E-state index is -0.867. The first kappa shape index (κ1) is 21.0. The standard InChI is InChI=1S/C23H26FNO4/c1-16(2)23(26)28-14-6-4-3-5-13-27-19-11-12-21-20(15-19)25-22(29-21)17-7-9-18(24)10-8-17/h7-12,15,23,26H,1,3-6,13-14H2,2H3. The van der Waals surface area contributed by atoms with E-state index in [0.29, 0.717) is 35.8 Å². The number of unbranched alkanes of at least 4 members (excludes halogenated alkanes) is 3. The number of hydrogen-bond acceptors (Lipinski definition) is 5. The Bertz CT molecular complexity index is 936. The highest BCUT2D eigenvalue weighted by atomic mass is 19.1. The summed E-state index contributed by atoms with van der Waals surface area (Å²) in [5.74, 6) is 0.901. The largest absolute Gasteiger partial charge is 0.494 e. The zero-order valence-electron chi connectivity index (χ0n) is 16.6. The van der Waals surface area contributed by atoms with E-state index in [1.54, 1.807) is 19.1 Å². The van der Waals surface area contributed by atoms with E-state index < -0.39 is 6.29 Å². The molecule has 0 fully saturated rings. The van der Waals surface area contributed by atoms with Crippen LogP contribution in [0.25, 0.3) is 22.6 Å². The van der Waals surface area contributed by atoms with Crippen molar-refractivity contribution >= 4 is 11.1 Å². The summed E-state index contributed by atoms with van der Waals surface area (Å²) in [5, 5.41) is 9.48. The molecule has 29 heavy (non-hydrogen) atoms. The van der Waals surface area contributed by atoms with Gasteiger partial charge in [0.2, 0.25) is 5.89 Å². The van der Waals surface area contributed by atoms with Crippen LogP contribution < -0.4 is 4.74 Å².